The number of hydrogen-bond acceptors (Lipinski definition) is 3. The number of nitrogens with one attached hydrogen (secondary N) is 1. The lowest BCUT2D eigenvalue weighted by molar-refractivity contribution is -0.136. The molecule has 0 fully saturated rings. The molecule has 0 aliphatic rings. The molecule has 0 saturated heterocycles. The summed E-state index contributed by atoms with van der Waals surface area (Å²) in [5.41, 5.74) is 8.89. The summed E-state index contributed by atoms with van der Waals surface area (Å²) in [6.07, 6.45) is -0.0391. The zero-order valence-corrected chi connectivity index (χ0v) is 11.6. The topological polar surface area (TPSA) is 92.4 Å². The smallest absolute Gasteiger partial charge is 0.307 e. The molecule has 0 radical (unpaired) electrons. The van der Waals surface area contributed by atoms with E-state index in [1.54, 1.807) is 49.4 Å². The Kier molecular flexibility index (Phi) is 4.23. The molecule has 2 aromatic carbocycles. The molecule has 0 unspecified atom stereocenters. The number of aliphatic carboxylic acids is 1. The molecule has 0 saturated carbocycles. The van der Waals surface area contributed by atoms with Crippen LogP contribution in [0.4, 0.5) is 11.4 Å². The average Bonchev–Trinajstić information content (AvgIpc) is 2.43. The van der Waals surface area contributed by atoms with Gasteiger partial charge in [-0.1, -0.05) is 18.2 Å². The van der Waals surface area contributed by atoms with Gasteiger partial charge in [-0.05, 0) is 42.3 Å². The molecule has 5 heteroatoms. The van der Waals surface area contributed by atoms with Gasteiger partial charge in [-0.3, -0.25) is 9.59 Å². The van der Waals surface area contributed by atoms with E-state index in [4.69, 9.17) is 10.8 Å². The van der Waals surface area contributed by atoms with Crippen LogP contribution in [0.1, 0.15) is 21.5 Å². The zero-order chi connectivity index (χ0) is 15.4. The zero-order valence-electron chi connectivity index (χ0n) is 11.6. The number of carbonyl (C=O) groups is 2. The van der Waals surface area contributed by atoms with Crippen LogP contribution < -0.4 is 11.1 Å². The monoisotopic (exact) mass is 284 g/mol. The Balaban J connectivity index is 2.12. The molecule has 5 nitrogen and oxygen atoms in total. The molecule has 0 heterocycles. The van der Waals surface area contributed by atoms with Crippen molar-refractivity contribution in [1.29, 1.82) is 0 Å². The van der Waals surface area contributed by atoms with Crippen molar-refractivity contribution in [1.82, 2.24) is 0 Å². The Labute approximate surface area is 122 Å². The second-order valence-electron chi connectivity index (χ2n) is 4.74. The number of carboxylic acid groups (broad SMARTS) is 1. The van der Waals surface area contributed by atoms with Crippen molar-refractivity contribution in [3.63, 3.8) is 0 Å². The minimum atomic E-state index is -0.887. The molecule has 2 aromatic rings. The number of carboxylic acids is 1. The fourth-order valence-electron chi connectivity index (χ4n) is 1.98. The van der Waals surface area contributed by atoms with Crippen LogP contribution in [-0.2, 0) is 11.2 Å². The lowest BCUT2D eigenvalue weighted by atomic mass is 10.1. The molecule has 0 bridgehead atoms. The summed E-state index contributed by atoms with van der Waals surface area (Å²) in [5.74, 6) is -1.13. The molecule has 4 N–H and O–H groups in total. The molecule has 1 amide bonds. The number of benzene rings is 2. The average molecular weight is 284 g/mol. The molecule has 0 aliphatic carbocycles. The van der Waals surface area contributed by atoms with Crippen LogP contribution in [0.15, 0.2) is 42.5 Å². The number of anilines is 2. The Hall–Kier alpha value is -2.82. The van der Waals surface area contributed by atoms with Crippen LogP contribution in [0.3, 0.4) is 0 Å². The SMILES string of the molecule is Cc1c(N)cccc1C(=O)Nc1ccc(CC(=O)O)cc1. The summed E-state index contributed by atoms with van der Waals surface area (Å²) in [4.78, 5) is 22.8. The standard InChI is InChI=1S/C16H16N2O3/c1-10-13(3-2-4-14(10)17)16(21)18-12-7-5-11(6-8-12)9-15(19)20/h2-8H,9,17H2,1H3,(H,18,21)(H,19,20). The first-order valence-corrected chi connectivity index (χ1v) is 6.44. The van der Waals surface area contributed by atoms with Crippen molar-refractivity contribution < 1.29 is 14.7 Å². The van der Waals surface area contributed by atoms with Gasteiger partial charge in [0, 0.05) is 16.9 Å². The first-order valence-electron chi connectivity index (χ1n) is 6.44. The van der Waals surface area contributed by atoms with Crippen LogP contribution in [0, 0.1) is 6.92 Å². The first-order chi connectivity index (χ1) is 9.97. The van der Waals surface area contributed by atoms with Gasteiger partial charge in [-0.25, -0.2) is 0 Å². The Morgan fingerprint density at radius 3 is 2.43 bits per heavy atom. The molecular weight excluding hydrogens is 268 g/mol. The second-order valence-corrected chi connectivity index (χ2v) is 4.74. The normalized spacial score (nSPS) is 10.1. The van der Waals surface area contributed by atoms with Crippen molar-refractivity contribution in [2.75, 3.05) is 11.1 Å². The summed E-state index contributed by atoms with van der Waals surface area (Å²) in [7, 11) is 0. The highest BCUT2D eigenvalue weighted by Gasteiger charge is 2.10. The maximum atomic E-state index is 12.2. The fourth-order valence-corrected chi connectivity index (χ4v) is 1.98. The third-order valence-electron chi connectivity index (χ3n) is 3.19. The van der Waals surface area contributed by atoms with Crippen molar-refractivity contribution in [2.45, 2.75) is 13.3 Å². The van der Waals surface area contributed by atoms with E-state index in [1.807, 2.05) is 0 Å². The number of nitrogen functional groups attached to an aromatic ring is 1. The van der Waals surface area contributed by atoms with Gasteiger partial charge in [0.15, 0.2) is 0 Å². The highest BCUT2D eigenvalue weighted by Crippen LogP contribution is 2.18. The molecule has 0 aromatic heterocycles. The minimum Gasteiger partial charge on any atom is -0.481 e. The van der Waals surface area contributed by atoms with E-state index < -0.39 is 5.97 Å². The van der Waals surface area contributed by atoms with Crippen molar-refractivity contribution in [3.8, 4) is 0 Å². The van der Waals surface area contributed by atoms with Gasteiger partial charge in [0.25, 0.3) is 5.91 Å². The lowest BCUT2D eigenvalue weighted by Gasteiger charge is -2.09. The van der Waals surface area contributed by atoms with Crippen molar-refractivity contribution in [2.24, 2.45) is 0 Å². The Morgan fingerprint density at radius 1 is 1.14 bits per heavy atom. The van der Waals surface area contributed by atoms with Crippen LogP contribution in [0.5, 0.6) is 0 Å². The molecular formula is C16H16N2O3. The summed E-state index contributed by atoms with van der Waals surface area (Å²) >= 11 is 0. The molecule has 2 rings (SSSR count). The predicted molar refractivity (Wildman–Crippen MR) is 81.3 cm³/mol. The van der Waals surface area contributed by atoms with Crippen molar-refractivity contribution in [3.05, 3.63) is 59.2 Å². The number of amides is 1. The van der Waals surface area contributed by atoms with Crippen LogP contribution in [0.25, 0.3) is 0 Å². The molecule has 0 aliphatic heterocycles. The van der Waals surface area contributed by atoms with E-state index in [-0.39, 0.29) is 12.3 Å². The second kappa shape index (κ2) is 6.09. The number of carbonyl (C=O) groups excluding carboxylic acids is 1. The Bertz CT molecular complexity index is 678. The quantitative estimate of drug-likeness (QED) is 0.752. The van der Waals surface area contributed by atoms with Gasteiger partial charge < -0.3 is 16.2 Å². The molecule has 21 heavy (non-hydrogen) atoms. The largest absolute Gasteiger partial charge is 0.481 e. The summed E-state index contributed by atoms with van der Waals surface area (Å²) < 4.78 is 0. The van der Waals surface area contributed by atoms with Crippen LogP contribution >= 0.6 is 0 Å². The highest BCUT2D eigenvalue weighted by atomic mass is 16.4. The van der Waals surface area contributed by atoms with Gasteiger partial charge in [0.1, 0.15) is 0 Å². The maximum Gasteiger partial charge on any atom is 0.307 e. The number of rotatable bonds is 4. The summed E-state index contributed by atoms with van der Waals surface area (Å²) in [6, 6.07) is 11.9. The van der Waals surface area contributed by atoms with Gasteiger partial charge in [0.2, 0.25) is 0 Å². The van der Waals surface area contributed by atoms with Crippen molar-refractivity contribution >= 4 is 23.3 Å². The third-order valence-corrected chi connectivity index (χ3v) is 3.19. The van der Waals surface area contributed by atoms with E-state index in [0.717, 1.165) is 5.56 Å². The third kappa shape index (κ3) is 3.60. The van der Waals surface area contributed by atoms with E-state index in [9.17, 15) is 9.59 Å². The molecule has 0 spiro atoms. The van der Waals surface area contributed by atoms with E-state index in [2.05, 4.69) is 5.32 Å². The molecule has 108 valence electrons. The van der Waals surface area contributed by atoms with Crippen LogP contribution in [-0.4, -0.2) is 17.0 Å². The van der Waals surface area contributed by atoms with E-state index >= 15 is 0 Å². The summed E-state index contributed by atoms with van der Waals surface area (Å²) in [5, 5.41) is 11.5. The summed E-state index contributed by atoms with van der Waals surface area (Å²) in [6.45, 7) is 1.79. The minimum absolute atomic E-state index is 0.0391. The molecule has 0 atom stereocenters. The van der Waals surface area contributed by atoms with Gasteiger partial charge in [0.05, 0.1) is 6.42 Å². The van der Waals surface area contributed by atoms with Crippen LogP contribution in [0.2, 0.25) is 0 Å². The van der Waals surface area contributed by atoms with Gasteiger partial charge >= 0.3 is 5.97 Å². The number of hydrogen-bond donors (Lipinski definition) is 3. The lowest BCUT2D eigenvalue weighted by Crippen LogP contribution is -2.14. The first kappa shape index (κ1) is 14.6. The maximum absolute atomic E-state index is 12.2. The van der Waals surface area contributed by atoms with E-state index in [1.165, 1.54) is 0 Å². The van der Waals surface area contributed by atoms with Gasteiger partial charge in [-0.2, -0.15) is 0 Å². The highest BCUT2D eigenvalue weighted by molar-refractivity contribution is 6.06. The fraction of sp³-hybridized carbons (Fsp3) is 0.125. The number of nitrogens with two attached hydrogens (primary N) is 1. The predicted octanol–water partition coefficient (Wildman–Crippen LogP) is 2.46. The van der Waals surface area contributed by atoms with E-state index in [0.29, 0.717) is 22.5 Å². The van der Waals surface area contributed by atoms with Gasteiger partial charge in [-0.15, -0.1) is 0 Å². The Morgan fingerprint density at radius 2 is 1.81 bits per heavy atom.